The van der Waals surface area contributed by atoms with Gasteiger partial charge < -0.3 is 10.6 Å². The van der Waals surface area contributed by atoms with Gasteiger partial charge in [0.05, 0.1) is 11.1 Å². The van der Waals surface area contributed by atoms with Gasteiger partial charge in [0.25, 0.3) is 11.8 Å². The third-order valence-corrected chi connectivity index (χ3v) is 4.30. The van der Waals surface area contributed by atoms with Gasteiger partial charge in [0, 0.05) is 22.3 Å². The minimum Gasteiger partial charge on any atom is -0.322 e. The molecular weight excluding hydrogens is 377 g/mol. The van der Waals surface area contributed by atoms with Gasteiger partial charge in [0.15, 0.2) is 0 Å². The first-order valence-electron chi connectivity index (χ1n) is 7.75. The third-order valence-electron chi connectivity index (χ3n) is 3.61. The molecule has 2 amide bonds. The molecule has 3 rings (SSSR count). The minimum absolute atomic E-state index is 0.0301. The maximum Gasteiger partial charge on any atom is 0.416 e. The molecule has 0 aliphatic carbocycles. The fraction of sp³-hybridized carbons (Fsp3) is 0.0526. The maximum atomic E-state index is 12.8. The van der Waals surface area contributed by atoms with E-state index < -0.39 is 17.6 Å². The van der Waals surface area contributed by atoms with Crippen LogP contribution in [-0.4, -0.2) is 11.8 Å². The second-order valence-corrected chi connectivity index (χ2v) is 6.36. The van der Waals surface area contributed by atoms with Crippen molar-refractivity contribution in [3.05, 3.63) is 82.0 Å². The zero-order valence-electron chi connectivity index (χ0n) is 13.7. The van der Waals surface area contributed by atoms with Crippen molar-refractivity contribution >= 4 is 34.5 Å². The molecule has 0 aliphatic rings. The van der Waals surface area contributed by atoms with Crippen molar-refractivity contribution in [3.63, 3.8) is 0 Å². The Morgan fingerprint density at radius 1 is 0.815 bits per heavy atom. The van der Waals surface area contributed by atoms with Gasteiger partial charge in [0.1, 0.15) is 0 Å². The number of carbonyl (C=O) groups excluding carboxylic acids is 2. The Balaban J connectivity index is 1.73. The Hall–Kier alpha value is -3.13. The van der Waals surface area contributed by atoms with E-state index in [1.165, 1.54) is 35.6 Å². The molecule has 0 spiro atoms. The van der Waals surface area contributed by atoms with E-state index in [9.17, 15) is 22.8 Å². The summed E-state index contributed by atoms with van der Waals surface area (Å²) in [6.45, 7) is 0. The van der Waals surface area contributed by atoms with Crippen LogP contribution in [0.25, 0.3) is 0 Å². The molecule has 0 bridgehead atoms. The van der Waals surface area contributed by atoms with Gasteiger partial charge >= 0.3 is 6.18 Å². The van der Waals surface area contributed by atoms with Gasteiger partial charge in [-0.25, -0.2) is 0 Å². The van der Waals surface area contributed by atoms with Gasteiger partial charge in [-0.05, 0) is 47.8 Å². The lowest BCUT2D eigenvalue weighted by Gasteiger charge is -2.10. The summed E-state index contributed by atoms with van der Waals surface area (Å²) in [5.74, 6) is -0.896. The van der Waals surface area contributed by atoms with Crippen molar-refractivity contribution in [1.82, 2.24) is 0 Å². The van der Waals surface area contributed by atoms with E-state index in [-0.39, 0.29) is 17.2 Å². The van der Waals surface area contributed by atoms with Crippen LogP contribution in [0.15, 0.2) is 65.4 Å². The Morgan fingerprint density at radius 3 is 2.07 bits per heavy atom. The number of hydrogen-bond donors (Lipinski definition) is 2. The zero-order valence-corrected chi connectivity index (χ0v) is 14.5. The second kappa shape index (κ2) is 7.63. The first-order valence-corrected chi connectivity index (χ1v) is 8.69. The number of anilines is 2. The summed E-state index contributed by atoms with van der Waals surface area (Å²) < 4.78 is 38.3. The number of alkyl halides is 3. The van der Waals surface area contributed by atoms with E-state index in [2.05, 4.69) is 10.6 Å². The molecule has 0 saturated carbocycles. The molecule has 138 valence electrons. The van der Waals surface area contributed by atoms with E-state index in [1.807, 2.05) is 0 Å². The van der Waals surface area contributed by atoms with Crippen LogP contribution in [0.1, 0.15) is 26.3 Å². The molecular formula is C19H13F3N2O2S. The highest BCUT2D eigenvalue weighted by Gasteiger charge is 2.30. The fourth-order valence-electron chi connectivity index (χ4n) is 2.31. The van der Waals surface area contributed by atoms with Crippen LogP contribution >= 0.6 is 11.3 Å². The van der Waals surface area contributed by atoms with Crippen molar-refractivity contribution in [2.45, 2.75) is 6.18 Å². The highest BCUT2D eigenvalue weighted by atomic mass is 32.1. The van der Waals surface area contributed by atoms with Crippen molar-refractivity contribution in [1.29, 1.82) is 0 Å². The number of amides is 2. The monoisotopic (exact) mass is 390 g/mol. The summed E-state index contributed by atoms with van der Waals surface area (Å²) in [6, 6.07) is 12.2. The Morgan fingerprint density at radius 2 is 1.44 bits per heavy atom. The molecule has 1 aromatic heterocycles. The van der Waals surface area contributed by atoms with E-state index in [1.54, 1.807) is 29.0 Å². The molecule has 2 aromatic carbocycles. The molecule has 2 N–H and O–H groups in total. The Bertz CT molecular complexity index is 969. The van der Waals surface area contributed by atoms with Crippen LogP contribution < -0.4 is 10.6 Å². The quantitative estimate of drug-likeness (QED) is 0.637. The summed E-state index contributed by atoms with van der Waals surface area (Å²) in [7, 11) is 0. The van der Waals surface area contributed by atoms with Gasteiger partial charge in [0.2, 0.25) is 0 Å². The van der Waals surface area contributed by atoms with Crippen molar-refractivity contribution in [2.75, 3.05) is 10.6 Å². The maximum absolute atomic E-state index is 12.8. The van der Waals surface area contributed by atoms with Crippen LogP contribution in [0.2, 0.25) is 0 Å². The number of thiophene rings is 1. The van der Waals surface area contributed by atoms with Crippen LogP contribution in [-0.2, 0) is 6.18 Å². The summed E-state index contributed by atoms with van der Waals surface area (Å²) in [4.78, 5) is 24.4. The Kier molecular flexibility index (Phi) is 5.27. The summed E-state index contributed by atoms with van der Waals surface area (Å²) in [6.07, 6.45) is -4.49. The Labute approximate surface area is 156 Å². The predicted octanol–water partition coefficient (Wildman–Crippen LogP) is 5.27. The van der Waals surface area contributed by atoms with Gasteiger partial charge in [-0.2, -0.15) is 24.5 Å². The highest BCUT2D eigenvalue weighted by molar-refractivity contribution is 7.08. The first kappa shape index (κ1) is 18.7. The fourth-order valence-corrected chi connectivity index (χ4v) is 2.95. The van der Waals surface area contributed by atoms with Crippen molar-refractivity contribution in [3.8, 4) is 0 Å². The van der Waals surface area contributed by atoms with E-state index in [0.717, 1.165) is 12.1 Å². The number of benzene rings is 2. The second-order valence-electron chi connectivity index (χ2n) is 5.58. The van der Waals surface area contributed by atoms with Crippen LogP contribution in [0.3, 0.4) is 0 Å². The topological polar surface area (TPSA) is 58.2 Å². The number of nitrogens with one attached hydrogen (secondary N) is 2. The van der Waals surface area contributed by atoms with E-state index >= 15 is 0 Å². The zero-order chi connectivity index (χ0) is 19.4. The normalized spacial score (nSPS) is 11.1. The number of carbonyl (C=O) groups is 2. The van der Waals surface area contributed by atoms with Crippen LogP contribution in [0.4, 0.5) is 24.5 Å². The molecule has 0 atom stereocenters. The molecule has 1 heterocycles. The molecule has 0 unspecified atom stereocenters. The summed E-state index contributed by atoms with van der Waals surface area (Å²) in [5, 5.41) is 8.57. The minimum atomic E-state index is -4.49. The highest BCUT2D eigenvalue weighted by Crippen LogP contribution is 2.30. The molecule has 0 saturated heterocycles. The van der Waals surface area contributed by atoms with E-state index in [0.29, 0.717) is 11.3 Å². The number of hydrogen-bond acceptors (Lipinski definition) is 3. The molecule has 3 aromatic rings. The SMILES string of the molecule is O=C(Nc1cccc(C(=O)Nc2cccc(C(F)(F)F)c2)c1)c1ccsc1. The lowest BCUT2D eigenvalue weighted by Crippen LogP contribution is -2.15. The van der Waals surface area contributed by atoms with Crippen LogP contribution in [0.5, 0.6) is 0 Å². The standard InChI is InChI=1S/C19H13F3N2O2S/c20-19(21,22)14-4-2-6-16(10-14)24-17(25)12-3-1-5-15(9-12)23-18(26)13-7-8-27-11-13/h1-11H,(H,23,26)(H,24,25). The largest absolute Gasteiger partial charge is 0.416 e. The number of halogens is 3. The average molecular weight is 390 g/mol. The van der Waals surface area contributed by atoms with Gasteiger partial charge in [-0.3, -0.25) is 9.59 Å². The van der Waals surface area contributed by atoms with E-state index in [4.69, 9.17) is 0 Å². The number of rotatable bonds is 4. The lowest BCUT2D eigenvalue weighted by atomic mass is 10.1. The summed E-state index contributed by atoms with van der Waals surface area (Å²) in [5.41, 5.74) is 0.289. The average Bonchev–Trinajstić information content (AvgIpc) is 3.16. The smallest absolute Gasteiger partial charge is 0.322 e. The lowest BCUT2D eigenvalue weighted by molar-refractivity contribution is -0.137. The predicted molar refractivity (Wildman–Crippen MR) is 98.1 cm³/mol. The van der Waals surface area contributed by atoms with Crippen molar-refractivity contribution in [2.24, 2.45) is 0 Å². The summed E-state index contributed by atoms with van der Waals surface area (Å²) >= 11 is 1.39. The third kappa shape index (κ3) is 4.73. The van der Waals surface area contributed by atoms with Crippen molar-refractivity contribution < 1.29 is 22.8 Å². The first-order chi connectivity index (χ1) is 12.8. The molecule has 0 fully saturated rings. The molecule has 0 radical (unpaired) electrons. The molecule has 8 heteroatoms. The molecule has 0 aliphatic heterocycles. The van der Waals surface area contributed by atoms with Gasteiger partial charge in [-0.1, -0.05) is 12.1 Å². The van der Waals surface area contributed by atoms with Gasteiger partial charge in [-0.15, -0.1) is 0 Å². The van der Waals surface area contributed by atoms with Crippen LogP contribution in [0, 0.1) is 0 Å². The molecule has 4 nitrogen and oxygen atoms in total. The molecule has 27 heavy (non-hydrogen) atoms.